The molecule has 1 heterocycles. The highest BCUT2D eigenvalue weighted by molar-refractivity contribution is 5.54. The first-order valence-corrected chi connectivity index (χ1v) is 4.56. The molecule has 1 aromatic carbocycles. The molecule has 0 saturated heterocycles. The highest BCUT2D eigenvalue weighted by Gasteiger charge is 2.17. The fraction of sp³-hybridized carbons (Fsp3) is 0.455. The van der Waals surface area contributed by atoms with Crippen molar-refractivity contribution < 1.29 is 0 Å². The van der Waals surface area contributed by atoms with Gasteiger partial charge < -0.3 is 4.90 Å². The van der Waals surface area contributed by atoms with Crippen LogP contribution in [0.2, 0.25) is 0 Å². The average molecular weight is 161 g/mol. The Bertz CT molecular complexity index is 280. The monoisotopic (exact) mass is 161 g/mol. The zero-order valence-electron chi connectivity index (χ0n) is 7.75. The summed E-state index contributed by atoms with van der Waals surface area (Å²) in [6.45, 7) is 3.50. The van der Waals surface area contributed by atoms with E-state index < -0.39 is 0 Å². The van der Waals surface area contributed by atoms with Gasteiger partial charge in [-0.2, -0.15) is 0 Å². The average Bonchev–Trinajstić information content (AvgIpc) is 2.04. The summed E-state index contributed by atoms with van der Waals surface area (Å²) in [5.41, 5.74) is 2.91. The van der Waals surface area contributed by atoms with Crippen molar-refractivity contribution in [1.29, 1.82) is 0 Å². The summed E-state index contributed by atoms with van der Waals surface area (Å²) in [6.07, 6.45) is 1.24. The highest BCUT2D eigenvalue weighted by Crippen LogP contribution is 2.27. The van der Waals surface area contributed by atoms with Crippen LogP contribution in [0.25, 0.3) is 0 Å². The quantitative estimate of drug-likeness (QED) is 0.564. The van der Waals surface area contributed by atoms with E-state index >= 15 is 0 Å². The first-order chi connectivity index (χ1) is 5.77. The Hall–Kier alpha value is -0.980. The fourth-order valence-corrected chi connectivity index (χ4v) is 2.06. The van der Waals surface area contributed by atoms with Crippen molar-refractivity contribution in [1.82, 2.24) is 0 Å². The summed E-state index contributed by atoms with van der Waals surface area (Å²) in [5, 5.41) is 0. The smallest absolute Gasteiger partial charge is 0.0396 e. The molecule has 0 aromatic heterocycles. The van der Waals surface area contributed by atoms with Gasteiger partial charge >= 0.3 is 0 Å². The number of anilines is 1. The summed E-state index contributed by atoms with van der Waals surface area (Å²) in [5.74, 6) is 0.796. The number of para-hydroxylation sites is 1. The molecule has 64 valence electrons. The molecule has 0 saturated carbocycles. The third kappa shape index (κ3) is 1.20. The van der Waals surface area contributed by atoms with E-state index in [2.05, 4.69) is 43.1 Å². The van der Waals surface area contributed by atoms with Gasteiger partial charge in [0.15, 0.2) is 0 Å². The number of hydrogen-bond donors (Lipinski definition) is 0. The summed E-state index contributed by atoms with van der Waals surface area (Å²) in [4.78, 5) is 2.35. The van der Waals surface area contributed by atoms with Crippen LogP contribution in [0.5, 0.6) is 0 Å². The molecule has 0 amide bonds. The van der Waals surface area contributed by atoms with Crippen LogP contribution in [0.3, 0.4) is 0 Å². The van der Waals surface area contributed by atoms with Crippen molar-refractivity contribution in [3.63, 3.8) is 0 Å². The molecule has 12 heavy (non-hydrogen) atoms. The lowest BCUT2D eigenvalue weighted by atomic mass is 9.94. The Morgan fingerprint density at radius 3 is 2.92 bits per heavy atom. The molecular weight excluding hydrogens is 146 g/mol. The normalized spacial score (nSPS) is 22.2. The van der Waals surface area contributed by atoms with Gasteiger partial charge in [0.25, 0.3) is 0 Å². The summed E-state index contributed by atoms with van der Waals surface area (Å²) < 4.78 is 0. The maximum absolute atomic E-state index is 2.35. The number of hydrogen-bond acceptors (Lipinski definition) is 1. The maximum atomic E-state index is 2.35. The summed E-state index contributed by atoms with van der Waals surface area (Å²) in [6, 6.07) is 8.69. The van der Waals surface area contributed by atoms with E-state index in [1.54, 1.807) is 0 Å². The largest absolute Gasteiger partial charge is 0.374 e. The molecule has 1 aliphatic rings. The van der Waals surface area contributed by atoms with Crippen LogP contribution in [0.15, 0.2) is 24.3 Å². The molecule has 0 radical (unpaired) electrons. The standard InChI is InChI=1S/C11H15N/c1-9-7-10-5-3-4-6-11(10)12(2)8-9/h3-6,9H,7-8H2,1-2H3/t9-/m0/s1. The van der Waals surface area contributed by atoms with E-state index in [4.69, 9.17) is 0 Å². The van der Waals surface area contributed by atoms with E-state index in [9.17, 15) is 0 Å². The van der Waals surface area contributed by atoms with E-state index in [1.807, 2.05) is 0 Å². The molecule has 0 unspecified atom stereocenters. The zero-order chi connectivity index (χ0) is 8.55. The van der Waals surface area contributed by atoms with Crippen molar-refractivity contribution in [2.75, 3.05) is 18.5 Å². The van der Waals surface area contributed by atoms with Crippen LogP contribution in [-0.2, 0) is 6.42 Å². The van der Waals surface area contributed by atoms with Gasteiger partial charge in [0.2, 0.25) is 0 Å². The fourth-order valence-electron chi connectivity index (χ4n) is 2.06. The van der Waals surface area contributed by atoms with Crippen LogP contribution >= 0.6 is 0 Å². The minimum absolute atomic E-state index is 0.796. The van der Waals surface area contributed by atoms with Crippen LogP contribution in [0.1, 0.15) is 12.5 Å². The Balaban J connectivity index is 2.40. The second-order valence-electron chi connectivity index (χ2n) is 3.82. The molecule has 0 bridgehead atoms. The lowest BCUT2D eigenvalue weighted by molar-refractivity contribution is 0.552. The predicted molar refractivity (Wildman–Crippen MR) is 52.6 cm³/mol. The highest BCUT2D eigenvalue weighted by atomic mass is 15.1. The van der Waals surface area contributed by atoms with Gasteiger partial charge in [0, 0.05) is 19.3 Å². The van der Waals surface area contributed by atoms with E-state index in [1.165, 1.54) is 24.2 Å². The van der Waals surface area contributed by atoms with Crippen molar-refractivity contribution >= 4 is 5.69 Å². The van der Waals surface area contributed by atoms with Crippen molar-refractivity contribution in [3.8, 4) is 0 Å². The minimum atomic E-state index is 0.796. The van der Waals surface area contributed by atoms with Crippen LogP contribution in [-0.4, -0.2) is 13.6 Å². The molecule has 1 heteroatoms. The number of fused-ring (bicyclic) bond motifs is 1. The molecule has 1 atom stereocenters. The predicted octanol–water partition coefficient (Wildman–Crippen LogP) is 2.32. The molecule has 0 N–H and O–H groups in total. The Labute approximate surface area is 74.0 Å². The molecular formula is C11H15N. The number of nitrogens with zero attached hydrogens (tertiary/aromatic N) is 1. The Morgan fingerprint density at radius 1 is 1.33 bits per heavy atom. The molecule has 0 spiro atoms. The first-order valence-electron chi connectivity index (χ1n) is 4.56. The molecule has 1 nitrogen and oxygen atoms in total. The van der Waals surface area contributed by atoms with E-state index in [-0.39, 0.29) is 0 Å². The van der Waals surface area contributed by atoms with Crippen LogP contribution in [0.4, 0.5) is 5.69 Å². The Kier molecular flexibility index (Phi) is 1.80. The number of rotatable bonds is 0. The van der Waals surface area contributed by atoms with Crippen LogP contribution in [0, 0.1) is 5.92 Å². The van der Waals surface area contributed by atoms with Crippen molar-refractivity contribution in [3.05, 3.63) is 29.8 Å². The van der Waals surface area contributed by atoms with Gasteiger partial charge in [-0.15, -0.1) is 0 Å². The zero-order valence-corrected chi connectivity index (χ0v) is 7.75. The SMILES string of the molecule is C[C@H]1Cc2ccccc2N(C)C1. The maximum Gasteiger partial charge on any atom is 0.0396 e. The van der Waals surface area contributed by atoms with Crippen molar-refractivity contribution in [2.45, 2.75) is 13.3 Å². The molecule has 1 aromatic rings. The Morgan fingerprint density at radius 2 is 2.08 bits per heavy atom. The summed E-state index contributed by atoms with van der Waals surface area (Å²) in [7, 11) is 2.18. The topological polar surface area (TPSA) is 3.24 Å². The van der Waals surface area contributed by atoms with Gasteiger partial charge in [0.1, 0.15) is 0 Å². The number of benzene rings is 1. The minimum Gasteiger partial charge on any atom is -0.374 e. The van der Waals surface area contributed by atoms with Gasteiger partial charge in [-0.1, -0.05) is 25.1 Å². The molecule has 2 rings (SSSR count). The summed E-state index contributed by atoms with van der Waals surface area (Å²) >= 11 is 0. The van der Waals surface area contributed by atoms with E-state index in [0.717, 1.165) is 5.92 Å². The molecule has 0 fully saturated rings. The van der Waals surface area contributed by atoms with Gasteiger partial charge in [-0.05, 0) is 24.0 Å². The second-order valence-corrected chi connectivity index (χ2v) is 3.82. The first kappa shape index (κ1) is 7.66. The van der Waals surface area contributed by atoms with Gasteiger partial charge in [0.05, 0.1) is 0 Å². The van der Waals surface area contributed by atoms with Crippen molar-refractivity contribution in [2.24, 2.45) is 5.92 Å². The van der Waals surface area contributed by atoms with Crippen LogP contribution < -0.4 is 4.90 Å². The molecule has 1 aliphatic heterocycles. The van der Waals surface area contributed by atoms with Gasteiger partial charge in [-0.3, -0.25) is 0 Å². The second kappa shape index (κ2) is 2.81. The molecule has 0 aliphatic carbocycles. The third-order valence-electron chi connectivity index (χ3n) is 2.56. The van der Waals surface area contributed by atoms with Gasteiger partial charge in [-0.25, -0.2) is 0 Å². The lowest BCUT2D eigenvalue weighted by Gasteiger charge is -2.31. The third-order valence-corrected chi connectivity index (χ3v) is 2.56. The van der Waals surface area contributed by atoms with E-state index in [0.29, 0.717) is 0 Å². The lowest BCUT2D eigenvalue weighted by Crippen LogP contribution is -2.30.